The van der Waals surface area contributed by atoms with Crippen LogP contribution < -0.4 is 11.3 Å². The van der Waals surface area contributed by atoms with E-state index in [0.717, 1.165) is 4.52 Å². The van der Waals surface area contributed by atoms with E-state index in [4.69, 9.17) is 17.3 Å². The van der Waals surface area contributed by atoms with Gasteiger partial charge in [0, 0.05) is 12.3 Å². The molecule has 3 heterocycles. The van der Waals surface area contributed by atoms with Crippen LogP contribution in [-0.2, 0) is 0 Å². The Bertz CT molecular complexity index is 866. The molecule has 3 aromatic rings. The Labute approximate surface area is 117 Å². The van der Waals surface area contributed by atoms with Crippen molar-refractivity contribution in [3.05, 3.63) is 51.5 Å². The molecular weight excluding hydrogens is 282 g/mol. The number of hydrogen-bond donors (Lipinski definition) is 2. The minimum Gasteiger partial charge on any atom is -0.365 e. The molecule has 0 bridgehead atoms. The smallest absolute Gasteiger partial charge is 0.274 e. The van der Waals surface area contributed by atoms with Gasteiger partial charge in [-0.2, -0.15) is 9.61 Å². The third-order valence-electron chi connectivity index (χ3n) is 2.77. The third kappa shape index (κ3) is 1.94. The van der Waals surface area contributed by atoms with Crippen molar-refractivity contribution in [2.24, 2.45) is 5.73 Å². The third-order valence-corrected chi connectivity index (χ3v) is 2.99. The Morgan fingerprint density at radius 2 is 2.15 bits per heavy atom. The number of amides is 1. The van der Waals surface area contributed by atoms with Crippen LogP contribution in [0.3, 0.4) is 0 Å². The molecule has 0 radical (unpaired) electrons. The summed E-state index contributed by atoms with van der Waals surface area (Å²) in [6.45, 7) is 0. The fourth-order valence-electron chi connectivity index (χ4n) is 1.84. The standard InChI is InChI=1S/C12H8ClN5O2/c13-6-1-2-8(15-4-6)9-3-10(19)18-12(17-9)7(5-16-18)11(14)20/h1-5,17H,(H2,14,20). The lowest BCUT2D eigenvalue weighted by Gasteiger charge is -2.02. The van der Waals surface area contributed by atoms with E-state index in [9.17, 15) is 9.59 Å². The fourth-order valence-corrected chi connectivity index (χ4v) is 1.95. The molecule has 0 saturated heterocycles. The number of carbonyl (C=O) groups is 1. The summed E-state index contributed by atoms with van der Waals surface area (Å²) < 4.78 is 1.07. The number of carbonyl (C=O) groups excluding carboxylic acids is 1. The summed E-state index contributed by atoms with van der Waals surface area (Å²) in [6, 6.07) is 4.64. The Hall–Kier alpha value is -2.67. The van der Waals surface area contributed by atoms with Crippen LogP contribution in [0.5, 0.6) is 0 Å². The van der Waals surface area contributed by atoms with Gasteiger partial charge >= 0.3 is 0 Å². The van der Waals surface area contributed by atoms with Gasteiger partial charge in [-0.15, -0.1) is 0 Å². The van der Waals surface area contributed by atoms with Gasteiger partial charge < -0.3 is 10.7 Å². The fraction of sp³-hybridized carbons (Fsp3) is 0. The molecule has 3 aromatic heterocycles. The van der Waals surface area contributed by atoms with E-state index in [1.54, 1.807) is 12.1 Å². The number of primary amides is 1. The lowest BCUT2D eigenvalue weighted by atomic mass is 10.2. The molecule has 0 unspecified atom stereocenters. The largest absolute Gasteiger partial charge is 0.365 e. The Morgan fingerprint density at radius 1 is 1.35 bits per heavy atom. The van der Waals surface area contributed by atoms with Crippen molar-refractivity contribution >= 4 is 23.2 Å². The van der Waals surface area contributed by atoms with E-state index in [1.165, 1.54) is 18.5 Å². The SMILES string of the molecule is NC(=O)c1cnn2c(=O)cc(-c3ccc(Cl)cn3)[nH]c12. The number of H-pyrrole nitrogens is 1. The molecule has 3 rings (SSSR count). The van der Waals surface area contributed by atoms with Gasteiger partial charge in [0.2, 0.25) is 0 Å². The number of pyridine rings is 1. The lowest BCUT2D eigenvalue weighted by Crippen LogP contribution is -2.16. The molecule has 0 fully saturated rings. The summed E-state index contributed by atoms with van der Waals surface area (Å²) >= 11 is 5.77. The van der Waals surface area contributed by atoms with Crippen molar-refractivity contribution in [2.45, 2.75) is 0 Å². The maximum atomic E-state index is 12.0. The van der Waals surface area contributed by atoms with E-state index < -0.39 is 11.5 Å². The second kappa shape index (κ2) is 4.46. The molecule has 0 spiro atoms. The molecule has 0 aromatic carbocycles. The molecular formula is C12H8ClN5O2. The summed E-state index contributed by atoms with van der Waals surface area (Å²) in [4.78, 5) is 30.3. The maximum Gasteiger partial charge on any atom is 0.274 e. The van der Waals surface area contributed by atoms with Crippen molar-refractivity contribution in [1.82, 2.24) is 19.6 Å². The van der Waals surface area contributed by atoms with E-state index in [2.05, 4.69) is 15.1 Å². The highest BCUT2D eigenvalue weighted by atomic mass is 35.5. The highest BCUT2D eigenvalue weighted by Crippen LogP contribution is 2.16. The number of halogens is 1. The van der Waals surface area contributed by atoms with E-state index in [1.807, 2.05) is 0 Å². The van der Waals surface area contributed by atoms with Gasteiger partial charge in [-0.05, 0) is 12.1 Å². The summed E-state index contributed by atoms with van der Waals surface area (Å²) in [5.41, 5.74) is 6.18. The molecule has 20 heavy (non-hydrogen) atoms. The van der Waals surface area contributed by atoms with Crippen molar-refractivity contribution in [1.29, 1.82) is 0 Å². The molecule has 1 amide bonds. The summed E-state index contributed by atoms with van der Waals surface area (Å²) in [5.74, 6) is -0.670. The number of nitrogens with two attached hydrogens (primary N) is 1. The number of fused-ring (bicyclic) bond motifs is 1. The van der Waals surface area contributed by atoms with Gasteiger partial charge in [0.1, 0.15) is 5.56 Å². The zero-order chi connectivity index (χ0) is 14.3. The van der Waals surface area contributed by atoms with Crippen LogP contribution in [-0.4, -0.2) is 25.5 Å². The molecule has 8 heteroatoms. The van der Waals surface area contributed by atoms with Crippen LogP contribution in [0.25, 0.3) is 17.0 Å². The highest BCUT2D eigenvalue weighted by molar-refractivity contribution is 6.30. The molecule has 7 nitrogen and oxygen atoms in total. The molecule has 0 aliphatic rings. The van der Waals surface area contributed by atoms with Gasteiger partial charge in [0.25, 0.3) is 11.5 Å². The van der Waals surface area contributed by atoms with E-state index in [0.29, 0.717) is 16.4 Å². The molecule has 100 valence electrons. The van der Waals surface area contributed by atoms with Crippen LogP contribution >= 0.6 is 11.6 Å². The van der Waals surface area contributed by atoms with Gasteiger partial charge in [-0.3, -0.25) is 14.6 Å². The molecule has 0 aliphatic carbocycles. The number of hydrogen-bond acceptors (Lipinski definition) is 4. The predicted octanol–water partition coefficient (Wildman–Crippen LogP) is 0.837. The Kier molecular flexibility index (Phi) is 2.76. The zero-order valence-corrected chi connectivity index (χ0v) is 10.8. The molecule has 0 aliphatic heterocycles. The molecule has 3 N–H and O–H groups in total. The summed E-state index contributed by atoms with van der Waals surface area (Å²) in [6.07, 6.45) is 2.71. The summed E-state index contributed by atoms with van der Waals surface area (Å²) in [7, 11) is 0. The van der Waals surface area contributed by atoms with Crippen LogP contribution in [0, 0.1) is 0 Å². The first kappa shape index (κ1) is 12.4. The predicted molar refractivity (Wildman–Crippen MR) is 72.6 cm³/mol. The monoisotopic (exact) mass is 289 g/mol. The minimum atomic E-state index is -0.670. The van der Waals surface area contributed by atoms with Crippen LogP contribution in [0.4, 0.5) is 0 Å². The maximum absolute atomic E-state index is 12.0. The number of rotatable bonds is 2. The van der Waals surface area contributed by atoms with Gasteiger partial charge in [0.15, 0.2) is 5.65 Å². The molecule has 0 atom stereocenters. The topological polar surface area (TPSA) is 106 Å². The van der Waals surface area contributed by atoms with Crippen molar-refractivity contribution < 1.29 is 4.79 Å². The first-order valence-electron chi connectivity index (χ1n) is 5.59. The minimum absolute atomic E-state index is 0.137. The number of nitrogens with zero attached hydrogens (tertiary/aromatic N) is 3. The Balaban J connectivity index is 2.27. The normalized spacial score (nSPS) is 10.8. The van der Waals surface area contributed by atoms with Crippen LogP contribution in [0.15, 0.2) is 35.4 Å². The number of aromatic amines is 1. The van der Waals surface area contributed by atoms with Gasteiger partial charge in [0.05, 0.1) is 22.6 Å². The zero-order valence-electron chi connectivity index (χ0n) is 10.0. The number of nitrogens with one attached hydrogen (secondary N) is 1. The van der Waals surface area contributed by atoms with Gasteiger partial charge in [-0.25, -0.2) is 0 Å². The average Bonchev–Trinajstić information content (AvgIpc) is 2.84. The molecule has 0 saturated carbocycles. The Morgan fingerprint density at radius 3 is 2.80 bits per heavy atom. The van der Waals surface area contributed by atoms with Crippen LogP contribution in [0.2, 0.25) is 5.02 Å². The lowest BCUT2D eigenvalue weighted by molar-refractivity contribution is 0.100. The second-order valence-electron chi connectivity index (χ2n) is 4.07. The highest BCUT2D eigenvalue weighted by Gasteiger charge is 2.13. The van der Waals surface area contributed by atoms with E-state index >= 15 is 0 Å². The first-order chi connectivity index (χ1) is 9.56. The first-order valence-corrected chi connectivity index (χ1v) is 5.97. The number of aromatic nitrogens is 4. The van der Waals surface area contributed by atoms with Crippen molar-refractivity contribution in [3.8, 4) is 11.4 Å². The average molecular weight is 290 g/mol. The van der Waals surface area contributed by atoms with Gasteiger partial charge in [-0.1, -0.05) is 11.6 Å². The van der Waals surface area contributed by atoms with Crippen LogP contribution in [0.1, 0.15) is 10.4 Å². The second-order valence-corrected chi connectivity index (χ2v) is 4.50. The summed E-state index contributed by atoms with van der Waals surface area (Å²) in [5, 5.41) is 4.30. The van der Waals surface area contributed by atoms with Crippen molar-refractivity contribution in [2.75, 3.05) is 0 Å². The van der Waals surface area contributed by atoms with Crippen molar-refractivity contribution in [3.63, 3.8) is 0 Å². The van der Waals surface area contributed by atoms with E-state index in [-0.39, 0.29) is 11.2 Å². The quantitative estimate of drug-likeness (QED) is 0.729.